The first-order valence-corrected chi connectivity index (χ1v) is 11.4. The first kappa shape index (κ1) is 20.4. The molecule has 1 aliphatic carbocycles. The fourth-order valence-corrected chi connectivity index (χ4v) is 5.37. The van der Waals surface area contributed by atoms with Gasteiger partial charge in [-0.2, -0.15) is 0 Å². The lowest BCUT2D eigenvalue weighted by Gasteiger charge is -2.41. The van der Waals surface area contributed by atoms with Gasteiger partial charge in [0.25, 0.3) is 0 Å². The van der Waals surface area contributed by atoms with E-state index in [1.54, 1.807) is 0 Å². The SMILES string of the molecule is CCC(C)(CC(N)OCc1c2ccccc2cc2ccccc12)C1CCCCC1. The second-order valence-corrected chi connectivity index (χ2v) is 9.19. The van der Waals surface area contributed by atoms with Crippen molar-refractivity contribution >= 4 is 21.5 Å². The van der Waals surface area contributed by atoms with Crippen LogP contribution in [-0.4, -0.2) is 6.23 Å². The summed E-state index contributed by atoms with van der Waals surface area (Å²) in [5.41, 5.74) is 8.09. The molecule has 0 amide bonds. The van der Waals surface area contributed by atoms with Crippen LogP contribution in [0.5, 0.6) is 0 Å². The Hall–Kier alpha value is -1.90. The molecule has 0 heterocycles. The summed E-state index contributed by atoms with van der Waals surface area (Å²) < 4.78 is 6.31. The number of ether oxygens (including phenoxy) is 1. The zero-order valence-electron chi connectivity index (χ0n) is 18.0. The Kier molecular flexibility index (Phi) is 6.22. The molecule has 0 spiro atoms. The van der Waals surface area contributed by atoms with E-state index < -0.39 is 0 Å². The highest BCUT2D eigenvalue weighted by Gasteiger charge is 2.35. The molecule has 1 aliphatic rings. The van der Waals surface area contributed by atoms with Crippen molar-refractivity contribution in [3.8, 4) is 0 Å². The lowest BCUT2D eigenvalue weighted by atomic mass is 9.66. The summed E-state index contributed by atoms with van der Waals surface area (Å²) in [7, 11) is 0. The van der Waals surface area contributed by atoms with Crippen molar-refractivity contribution in [2.24, 2.45) is 17.1 Å². The smallest absolute Gasteiger partial charge is 0.106 e. The molecule has 1 fully saturated rings. The zero-order chi connectivity index (χ0) is 20.3. The van der Waals surface area contributed by atoms with E-state index in [0.717, 1.165) is 12.3 Å². The highest BCUT2D eigenvalue weighted by Crippen LogP contribution is 2.44. The molecule has 29 heavy (non-hydrogen) atoms. The van der Waals surface area contributed by atoms with E-state index in [9.17, 15) is 0 Å². The Morgan fingerprint density at radius 2 is 1.55 bits per heavy atom. The first-order chi connectivity index (χ1) is 14.1. The molecule has 3 aromatic rings. The van der Waals surface area contributed by atoms with Crippen molar-refractivity contribution < 1.29 is 4.74 Å². The van der Waals surface area contributed by atoms with Crippen LogP contribution in [-0.2, 0) is 11.3 Å². The summed E-state index contributed by atoms with van der Waals surface area (Å²) in [5, 5.41) is 5.06. The Bertz CT molecular complexity index is 905. The Morgan fingerprint density at radius 1 is 0.966 bits per heavy atom. The molecule has 2 atom stereocenters. The topological polar surface area (TPSA) is 35.2 Å². The van der Waals surface area contributed by atoms with E-state index in [0.29, 0.717) is 6.61 Å². The van der Waals surface area contributed by atoms with Crippen LogP contribution in [0.25, 0.3) is 21.5 Å². The van der Waals surface area contributed by atoms with Gasteiger partial charge in [-0.1, -0.05) is 88.1 Å². The van der Waals surface area contributed by atoms with Crippen molar-refractivity contribution in [2.75, 3.05) is 0 Å². The van der Waals surface area contributed by atoms with E-state index in [1.165, 1.54) is 65.6 Å². The minimum Gasteiger partial charge on any atom is -0.359 e. The fourth-order valence-electron chi connectivity index (χ4n) is 5.37. The lowest BCUT2D eigenvalue weighted by Crippen LogP contribution is -2.37. The minimum absolute atomic E-state index is 0.223. The van der Waals surface area contributed by atoms with Gasteiger partial charge in [-0.05, 0) is 63.8 Å². The molecule has 2 N–H and O–H groups in total. The Balaban J connectivity index is 1.54. The molecule has 154 valence electrons. The van der Waals surface area contributed by atoms with Crippen LogP contribution in [0.3, 0.4) is 0 Å². The largest absolute Gasteiger partial charge is 0.359 e. The monoisotopic (exact) mass is 389 g/mol. The second kappa shape index (κ2) is 8.85. The predicted molar refractivity (Wildman–Crippen MR) is 124 cm³/mol. The summed E-state index contributed by atoms with van der Waals surface area (Å²) in [6.07, 6.45) is 8.74. The molecule has 0 radical (unpaired) electrons. The van der Waals surface area contributed by atoms with Crippen molar-refractivity contribution in [3.05, 3.63) is 60.2 Å². The molecular formula is C27H35NO. The standard InChI is InChI=1S/C27H35NO/c1-3-27(2,22-13-5-4-6-14-22)18-26(28)29-19-25-23-15-9-7-11-20(23)17-21-12-8-10-16-24(21)25/h7-12,15-17,22,26H,3-6,13-14,18-19,28H2,1-2H3. The zero-order valence-corrected chi connectivity index (χ0v) is 18.0. The number of fused-ring (bicyclic) bond motifs is 2. The van der Waals surface area contributed by atoms with Gasteiger partial charge in [0, 0.05) is 0 Å². The minimum atomic E-state index is -0.223. The van der Waals surface area contributed by atoms with Crippen LogP contribution in [0.4, 0.5) is 0 Å². The van der Waals surface area contributed by atoms with Gasteiger partial charge in [0.2, 0.25) is 0 Å². The average Bonchev–Trinajstić information content (AvgIpc) is 2.77. The van der Waals surface area contributed by atoms with Gasteiger partial charge < -0.3 is 10.5 Å². The quantitative estimate of drug-likeness (QED) is 0.343. The number of benzene rings is 3. The van der Waals surface area contributed by atoms with Gasteiger partial charge in [0.15, 0.2) is 0 Å². The van der Waals surface area contributed by atoms with E-state index >= 15 is 0 Å². The van der Waals surface area contributed by atoms with Crippen LogP contribution in [0.1, 0.15) is 64.4 Å². The van der Waals surface area contributed by atoms with Gasteiger partial charge in [-0.3, -0.25) is 0 Å². The molecule has 2 nitrogen and oxygen atoms in total. The maximum absolute atomic E-state index is 6.56. The van der Waals surface area contributed by atoms with Gasteiger partial charge in [-0.25, -0.2) is 0 Å². The van der Waals surface area contributed by atoms with Crippen LogP contribution in [0, 0.1) is 11.3 Å². The maximum atomic E-state index is 6.56. The van der Waals surface area contributed by atoms with Gasteiger partial charge in [-0.15, -0.1) is 0 Å². The van der Waals surface area contributed by atoms with Crippen molar-refractivity contribution in [3.63, 3.8) is 0 Å². The summed E-state index contributed by atoms with van der Waals surface area (Å²) >= 11 is 0. The third kappa shape index (κ3) is 4.34. The van der Waals surface area contributed by atoms with Crippen molar-refractivity contribution in [2.45, 2.75) is 71.6 Å². The van der Waals surface area contributed by atoms with E-state index in [2.05, 4.69) is 68.4 Å². The van der Waals surface area contributed by atoms with Crippen LogP contribution >= 0.6 is 0 Å². The number of hydrogen-bond donors (Lipinski definition) is 1. The van der Waals surface area contributed by atoms with Crippen LogP contribution in [0.2, 0.25) is 0 Å². The first-order valence-electron chi connectivity index (χ1n) is 11.4. The van der Waals surface area contributed by atoms with E-state index in [1.807, 2.05) is 0 Å². The van der Waals surface area contributed by atoms with Gasteiger partial charge in [0.05, 0.1) is 6.61 Å². The third-order valence-corrected chi connectivity index (χ3v) is 7.39. The summed E-state index contributed by atoms with van der Waals surface area (Å²) in [4.78, 5) is 0. The molecule has 2 heteroatoms. The normalized spacial score (nSPS) is 18.7. The molecule has 0 bridgehead atoms. The fraction of sp³-hybridized carbons (Fsp3) is 0.481. The molecule has 3 aromatic carbocycles. The molecule has 1 saturated carbocycles. The lowest BCUT2D eigenvalue weighted by molar-refractivity contribution is -0.0101. The van der Waals surface area contributed by atoms with E-state index in [-0.39, 0.29) is 11.6 Å². The third-order valence-electron chi connectivity index (χ3n) is 7.39. The molecule has 0 aromatic heterocycles. The van der Waals surface area contributed by atoms with Crippen LogP contribution < -0.4 is 5.73 Å². The molecular weight excluding hydrogens is 354 g/mol. The molecule has 0 aliphatic heterocycles. The summed E-state index contributed by atoms with van der Waals surface area (Å²) in [6, 6.07) is 19.5. The highest BCUT2D eigenvalue weighted by atomic mass is 16.5. The average molecular weight is 390 g/mol. The number of rotatable bonds is 7. The summed E-state index contributed by atoms with van der Waals surface area (Å²) in [6.45, 7) is 5.31. The molecule has 0 saturated heterocycles. The van der Waals surface area contributed by atoms with E-state index in [4.69, 9.17) is 10.5 Å². The second-order valence-electron chi connectivity index (χ2n) is 9.19. The number of hydrogen-bond acceptors (Lipinski definition) is 2. The van der Waals surface area contributed by atoms with Gasteiger partial charge >= 0.3 is 0 Å². The maximum Gasteiger partial charge on any atom is 0.106 e. The highest BCUT2D eigenvalue weighted by molar-refractivity contribution is 6.02. The number of nitrogens with two attached hydrogens (primary N) is 1. The Labute approximate surface area is 175 Å². The Morgan fingerprint density at radius 3 is 2.14 bits per heavy atom. The predicted octanol–water partition coefficient (Wildman–Crippen LogP) is 7.18. The van der Waals surface area contributed by atoms with Gasteiger partial charge in [0.1, 0.15) is 6.23 Å². The van der Waals surface area contributed by atoms with Crippen molar-refractivity contribution in [1.29, 1.82) is 0 Å². The van der Waals surface area contributed by atoms with Crippen molar-refractivity contribution in [1.82, 2.24) is 0 Å². The summed E-state index contributed by atoms with van der Waals surface area (Å²) in [5.74, 6) is 0.786. The molecule has 2 unspecified atom stereocenters. The molecule has 4 rings (SSSR count). The van der Waals surface area contributed by atoms with Crippen LogP contribution in [0.15, 0.2) is 54.6 Å².